The molecule has 1 fully saturated rings. The van der Waals surface area contributed by atoms with Crippen molar-refractivity contribution in [1.29, 1.82) is 0 Å². The van der Waals surface area contributed by atoms with Crippen molar-refractivity contribution in [2.24, 2.45) is 0 Å². The summed E-state index contributed by atoms with van der Waals surface area (Å²) in [5, 5.41) is 4.78. The maximum Gasteiger partial charge on any atom is 0.164 e. The highest BCUT2D eigenvalue weighted by Gasteiger charge is 2.17. The molecule has 0 radical (unpaired) electrons. The van der Waals surface area contributed by atoms with Gasteiger partial charge in [-0.25, -0.2) is 4.98 Å². The Labute approximate surface area is 159 Å². The second-order valence-electron chi connectivity index (χ2n) is 6.60. The molecule has 26 heavy (non-hydrogen) atoms. The van der Waals surface area contributed by atoms with Crippen molar-refractivity contribution in [2.75, 3.05) is 21.3 Å². The fourth-order valence-electron chi connectivity index (χ4n) is 3.45. The van der Waals surface area contributed by atoms with E-state index >= 15 is 0 Å². The topological polar surface area (TPSA) is 52.6 Å². The van der Waals surface area contributed by atoms with Gasteiger partial charge < -0.3 is 19.5 Å². The quantitative estimate of drug-likeness (QED) is 0.713. The Kier molecular flexibility index (Phi) is 6.74. The number of nitrogens with zero attached hydrogens (tertiary/aromatic N) is 1. The van der Waals surface area contributed by atoms with Crippen molar-refractivity contribution in [1.82, 2.24) is 10.3 Å². The number of benzene rings is 1. The Hall–Kier alpha value is -1.79. The van der Waals surface area contributed by atoms with Crippen molar-refractivity contribution in [3.05, 3.63) is 23.3 Å². The molecule has 1 aliphatic carbocycles. The largest absolute Gasteiger partial charge is 0.496 e. The van der Waals surface area contributed by atoms with Gasteiger partial charge in [0.1, 0.15) is 10.8 Å². The number of nitrogens with one attached hydrogen (secondary N) is 1. The smallest absolute Gasteiger partial charge is 0.164 e. The molecule has 0 saturated heterocycles. The van der Waals surface area contributed by atoms with E-state index in [1.54, 1.807) is 32.7 Å². The molecule has 1 aromatic heterocycles. The summed E-state index contributed by atoms with van der Waals surface area (Å²) in [5.74, 6) is 2.11. The zero-order chi connectivity index (χ0) is 18.4. The molecular formula is C20H28N2O3S. The summed E-state index contributed by atoms with van der Waals surface area (Å²) >= 11 is 1.69. The Morgan fingerprint density at radius 2 is 1.62 bits per heavy atom. The van der Waals surface area contributed by atoms with Crippen LogP contribution in [0.25, 0.3) is 10.4 Å². The van der Waals surface area contributed by atoms with Crippen molar-refractivity contribution in [3.8, 4) is 27.7 Å². The summed E-state index contributed by atoms with van der Waals surface area (Å²) in [6.45, 7) is 0.824. The van der Waals surface area contributed by atoms with E-state index in [1.165, 1.54) is 38.5 Å². The van der Waals surface area contributed by atoms with Gasteiger partial charge >= 0.3 is 0 Å². The average molecular weight is 377 g/mol. The molecule has 2 aromatic rings. The minimum atomic E-state index is 0.625. The van der Waals surface area contributed by atoms with Gasteiger partial charge in [-0.15, -0.1) is 11.3 Å². The van der Waals surface area contributed by atoms with Crippen LogP contribution in [0, 0.1) is 0 Å². The van der Waals surface area contributed by atoms with Gasteiger partial charge in [0, 0.05) is 30.4 Å². The third kappa shape index (κ3) is 4.48. The molecule has 1 heterocycles. The van der Waals surface area contributed by atoms with Crippen LogP contribution in [-0.2, 0) is 6.54 Å². The summed E-state index contributed by atoms with van der Waals surface area (Å²) in [5.41, 5.74) is 0.975. The fourth-order valence-corrected chi connectivity index (χ4v) is 4.34. The van der Waals surface area contributed by atoms with Gasteiger partial charge in [0.25, 0.3) is 0 Å². The number of thiazole rings is 1. The first-order valence-corrected chi connectivity index (χ1v) is 10.0. The van der Waals surface area contributed by atoms with Crippen LogP contribution in [0.2, 0.25) is 0 Å². The zero-order valence-electron chi connectivity index (χ0n) is 15.8. The SMILES string of the molecule is COc1cc(OC)c(-c2cnc(CNC3CCCCCC3)s2)cc1OC. The van der Waals surface area contributed by atoms with Gasteiger partial charge in [0.05, 0.1) is 26.2 Å². The third-order valence-corrected chi connectivity index (χ3v) is 5.95. The molecular weight excluding hydrogens is 348 g/mol. The Morgan fingerprint density at radius 3 is 2.27 bits per heavy atom. The number of rotatable bonds is 7. The average Bonchev–Trinajstić information content (AvgIpc) is 3.00. The summed E-state index contributed by atoms with van der Waals surface area (Å²) in [6.07, 6.45) is 9.90. The molecule has 1 saturated carbocycles. The van der Waals surface area contributed by atoms with E-state index in [0.29, 0.717) is 17.5 Å². The molecule has 5 nitrogen and oxygen atoms in total. The van der Waals surface area contributed by atoms with Crippen LogP contribution in [0.15, 0.2) is 18.3 Å². The van der Waals surface area contributed by atoms with Crippen LogP contribution in [0.4, 0.5) is 0 Å². The minimum Gasteiger partial charge on any atom is -0.496 e. The summed E-state index contributed by atoms with van der Waals surface area (Å²) in [7, 11) is 4.93. The lowest BCUT2D eigenvalue weighted by atomic mass is 10.1. The van der Waals surface area contributed by atoms with Gasteiger partial charge in [-0.3, -0.25) is 0 Å². The van der Waals surface area contributed by atoms with Crippen LogP contribution < -0.4 is 19.5 Å². The summed E-state index contributed by atoms with van der Waals surface area (Å²) in [6, 6.07) is 4.44. The third-order valence-electron chi connectivity index (χ3n) is 4.92. The monoisotopic (exact) mass is 376 g/mol. The molecule has 1 N–H and O–H groups in total. The lowest BCUT2D eigenvalue weighted by Crippen LogP contribution is -2.27. The van der Waals surface area contributed by atoms with Crippen LogP contribution in [-0.4, -0.2) is 32.4 Å². The molecule has 3 rings (SSSR count). The summed E-state index contributed by atoms with van der Waals surface area (Å²) < 4.78 is 16.3. The predicted octanol–water partition coefficient (Wildman–Crippen LogP) is 4.65. The fraction of sp³-hybridized carbons (Fsp3) is 0.550. The molecule has 0 atom stereocenters. The van der Waals surface area contributed by atoms with E-state index in [9.17, 15) is 0 Å². The number of methoxy groups -OCH3 is 3. The number of aromatic nitrogens is 1. The van der Waals surface area contributed by atoms with E-state index in [4.69, 9.17) is 14.2 Å². The second-order valence-corrected chi connectivity index (χ2v) is 7.71. The zero-order valence-corrected chi connectivity index (χ0v) is 16.7. The second kappa shape index (κ2) is 9.24. The molecule has 1 aromatic carbocycles. The highest BCUT2D eigenvalue weighted by Crippen LogP contribution is 2.41. The van der Waals surface area contributed by atoms with Gasteiger partial charge in [0.15, 0.2) is 11.5 Å². The van der Waals surface area contributed by atoms with E-state index in [2.05, 4.69) is 10.3 Å². The van der Waals surface area contributed by atoms with Crippen LogP contribution in [0.1, 0.15) is 43.5 Å². The van der Waals surface area contributed by atoms with Crippen molar-refractivity contribution in [2.45, 2.75) is 51.1 Å². The van der Waals surface area contributed by atoms with Gasteiger partial charge in [-0.05, 0) is 18.9 Å². The molecule has 142 valence electrons. The Balaban J connectivity index is 1.74. The first-order chi connectivity index (χ1) is 12.7. The molecule has 0 unspecified atom stereocenters. The molecule has 0 bridgehead atoms. The lowest BCUT2D eigenvalue weighted by Gasteiger charge is -2.15. The standard InChI is InChI=1S/C20H28N2O3S/c1-23-16-11-18(25-3)17(24-2)10-15(16)19-12-22-20(26-19)13-21-14-8-6-4-5-7-9-14/h10-12,14,21H,4-9,13H2,1-3H3. The van der Waals surface area contributed by atoms with E-state index in [0.717, 1.165) is 27.7 Å². The van der Waals surface area contributed by atoms with Crippen LogP contribution in [0.3, 0.4) is 0 Å². The molecule has 6 heteroatoms. The minimum absolute atomic E-state index is 0.625. The molecule has 0 amide bonds. The Bertz CT molecular complexity index is 709. The van der Waals surface area contributed by atoms with Crippen LogP contribution >= 0.6 is 11.3 Å². The number of hydrogen-bond acceptors (Lipinski definition) is 6. The first kappa shape index (κ1) is 19.0. The van der Waals surface area contributed by atoms with Crippen LogP contribution in [0.5, 0.6) is 17.2 Å². The maximum absolute atomic E-state index is 5.55. The normalized spacial score (nSPS) is 15.5. The summed E-state index contributed by atoms with van der Waals surface area (Å²) in [4.78, 5) is 5.67. The number of ether oxygens (including phenoxy) is 3. The van der Waals surface area contributed by atoms with Gasteiger partial charge in [-0.2, -0.15) is 0 Å². The van der Waals surface area contributed by atoms with Crippen molar-refractivity contribution in [3.63, 3.8) is 0 Å². The lowest BCUT2D eigenvalue weighted by molar-refractivity contribution is 0.349. The van der Waals surface area contributed by atoms with E-state index < -0.39 is 0 Å². The van der Waals surface area contributed by atoms with Gasteiger partial charge in [-0.1, -0.05) is 25.7 Å². The van der Waals surface area contributed by atoms with E-state index in [1.807, 2.05) is 18.3 Å². The Morgan fingerprint density at radius 1 is 0.962 bits per heavy atom. The molecule has 1 aliphatic rings. The van der Waals surface area contributed by atoms with Crippen molar-refractivity contribution >= 4 is 11.3 Å². The van der Waals surface area contributed by atoms with Crippen molar-refractivity contribution < 1.29 is 14.2 Å². The molecule has 0 spiro atoms. The van der Waals surface area contributed by atoms with Gasteiger partial charge in [0.2, 0.25) is 0 Å². The maximum atomic E-state index is 5.55. The highest BCUT2D eigenvalue weighted by atomic mass is 32.1. The number of hydrogen-bond donors (Lipinski definition) is 1. The van der Waals surface area contributed by atoms with E-state index in [-0.39, 0.29) is 0 Å². The first-order valence-electron chi connectivity index (χ1n) is 9.23. The predicted molar refractivity (Wildman–Crippen MR) is 106 cm³/mol. The highest BCUT2D eigenvalue weighted by molar-refractivity contribution is 7.15. The molecule has 0 aliphatic heterocycles.